The maximum absolute atomic E-state index is 6.70. The number of hydrogen-bond donors (Lipinski definition) is 0. The Kier molecular flexibility index (Phi) is 5.47. The van der Waals surface area contributed by atoms with E-state index in [2.05, 4.69) is 167 Å². The number of nitrogens with zero attached hydrogens (tertiary/aromatic N) is 2. The SMILES string of the molecule is c1ccc2c(c1)oc1c(-n3c4ccccc4c4cc(-c5ccc6oc7c(-n8c9ccccc9c9ccccc98)cccc7c6c5)ccc43)cccc12. The van der Waals surface area contributed by atoms with Crippen LogP contribution in [0.5, 0.6) is 0 Å². The zero-order valence-corrected chi connectivity index (χ0v) is 27.9. The van der Waals surface area contributed by atoms with Crippen molar-refractivity contribution in [3.63, 3.8) is 0 Å². The third kappa shape index (κ3) is 3.70. The normalized spacial score (nSPS) is 12.2. The van der Waals surface area contributed by atoms with Gasteiger partial charge in [0.15, 0.2) is 11.2 Å². The van der Waals surface area contributed by atoms with Gasteiger partial charge < -0.3 is 18.0 Å². The number of benzene rings is 8. The number of furan rings is 2. The van der Waals surface area contributed by atoms with Crippen molar-refractivity contribution in [3.05, 3.63) is 170 Å². The van der Waals surface area contributed by atoms with Crippen molar-refractivity contribution in [1.82, 2.24) is 9.13 Å². The molecular weight excluding hydrogens is 637 g/mol. The van der Waals surface area contributed by atoms with Crippen molar-refractivity contribution in [3.8, 4) is 22.5 Å². The predicted octanol–water partition coefficient (Wildman–Crippen LogP) is 13.3. The third-order valence-electron chi connectivity index (χ3n) is 10.9. The van der Waals surface area contributed by atoms with Crippen LogP contribution in [0.25, 0.3) is 110 Å². The van der Waals surface area contributed by atoms with Gasteiger partial charge in [-0.3, -0.25) is 0 Å². The molecule has 52 heavy (non-hydrogen) atoms. The van der Waals surface area contributed by atoms with E-state index in [9.17, 15) is 0 Å². The lowest BCUT2D eigenvalue weighted by atomic mass is 10.0. The minimum atomic E-state index is 0.878. The first-order valence-corrected chi connectivity index (χ1v) is 17.7. The van der Waals surface area contributed by atoms with Gasteiger partial charge in [0.1, 0.15) is 11.2 Å². The molecular formula is C48H28N2O2. The summed E-state index contributed by atoms with van der Waals surface area (Å²) in [6.45, 7) is 0. The first kappa shape index (κ1) is 27.7. The summed E-state index contributed by atoms with van der Waals surface area (Å²) < 4.78 is 17.9. The summed E-state index contributed by atoms with van der Waals surface area (Å²) in [5.41, 5.74) is 12.6. The van der Waals surface area contributed by atoms with Crippen LogP contribution in [-0.4, -0.2) is 9.13 Å². The van der Waals surface area contributed by atoms with Gasteiger partial charge in [-0.25, -0.2) is 0 Å². The molecule has 0 radical (unpaired) electrons. The van der Waals surface area contributed by atoms with Gasteiger partial charge in [-0.05, 0) is 71.8 Å². The van der Waals surface area contributed by atoms with E-state index >= 15 is 0 Å². The third-order valence-corrected chi connectivity index (χ3v) is 10.9. The summed E-state index contributed by atoms with van der Waals surface area (Å²) in [4.78, 5) is 0. The van der Waals surface area contributed by atoms with Crippen LogP contribution < -0.4 is 0 Å². The topological polar surface area (TPSA) is 36.1 Å². The van der Waals surface area contributed by atoms with Gasteiger partial charge in [0.25, 0.3) is 0 Å². The van der Waals surface area contributed by atoms with Crippen LogP contribution >= 0.6 is 0 Å². The Labute approximate surface area is 296 Å². The average Bonchev–Trinajstić information content (AvgIpc) is 3.95. The minimum absolute atomic E-state index is 0.878. The van der Waals surface area contributed by atoms with Crippen LogP contribution in [0.2, 0.25) is 0 Å². The lowest BCUT2D eigenvalue weighted by molar-refractivity contribution is 0.666. The van der Waals surface area contributed by atoms with Crippen LogP contribution in [0.15, 0.2) is 179 Å². The molecule has 0 aliphatic carbocycles. The quantitative estimate of drug-likeness (QED) is 0.188. The van der Waals surface area contributed by atoms with E-state index in [0.29, 0.717) is 0 Å². The molecule has 0 spiro atoms. The molecule has 0 saturated heterocycles. The van der Waals surface area contributed by atoms with E-state index in [1.54, 1.807) is 0 Å². The second-order valence-electron chi connectivity index (χ2n) is 13.7. The van der Waals surface area contributed by atoms with Crippen LogP contribution in [-0.2, 0) is 0 Å². The molecule has 4 heteroatoms. The Morgan fingerprint density at radius 3 is 1.33 bits per heavy atom. The largest absolute Gasteiger partial charge is 0.454 e. The smallest absolute Gasteiger partial charge is 0.159 e. The van der Waals surface area contributed by atoms with E-state index in [1.165, 1.54) is 32.6 Å². The van der Waals surface area contributed by atoms with Gasteiger partial charge in [0.2, 0.25) is 0 Å². The van der Waals surface area contributed by atoms with E-state index in [1.807, 2.05) is 12.1 Å². The van der Waals surface area contributed by atoms with Gasteiger partial charge in [0.05, 0.1) is 33.4 Å². The number of rotatable bonds is 3. The van der Waals surface area contributed by atoms with E-state index < -0.39 is 0 Å². The van der Waals surface area contributed by atoms with Crippen molar-refractivity contribution in [2.24, 2.45) is 0 Å². The molecule has 0 amide bonds. The molecule has 4 aromatic heterocycles. The average molecular weight is 665 g/mol. The maximum atomic E-state index is 6.70. The molecule has 12 rings (SSSR count). The Morgan fingerprint density at radius 2 is 0.712 bits per heavy atom. The highest BCUT2D eigenvalue weighted by Gasteiger charge is 2.20. The van der Waals surface area contributed by atoms with Crippen LogP contribution in [0.3, 0.4) is 0 Å². The molecule has 0 saturated carbocycles. The summed E-state index contributed by atoms with van der Waals surface area (Å²) in [7, 11) is 0. The Bertz CT molecular complexity index is 3370. The Hall–Kier alpha value is -7.04. The first-order valence-electron chi connectivity index (χ1n) is 17.7. The van der Waals surface area contributed by atoms with E-state index in [4.69, 9.17) is 8.83 Å². The fraction of sp³-hybridized carbons (Fsp3) is 0. The Morgan fingerprint density at radius 1 is 0.288 bits per heavy atom. The molecule has 0 bridgehead atoms. The predicted molar refractivity (Wildman–Crippen MR) is 215 cm³/mol. The fourth-order valence-corrected chi connectivity index (χ4v) is 8.64. The molecule has 0 unspecified atom stereocenters. The molecule has 0 aliphatic heterocycles. The lowest BCUT2D eigenvalue weighted by Crippen LogP contribution is -1.94. The van der Waals surface area contributed by atoms with Crippen molar-refractivity contribution in [2.75, 3.05) is 0 Å². The number of hydrogen-bond acceptors (Lipinski definition) is 2. The van der Waals surface area contributed by atoms with E-state index in [-0.39, 0.29) is 0 Å². The second kappa shape index (κ2) is 10.3. The molecule has 4 nitrogen and oxygen atoms in total. The second-order valence-corrected chi connectivity index (χ2v) is 13.7. The van der Waals surface area contributed by atoms with Gasteiger partial charge in [0, 0.05) is 43.1 Å². The summed E-state index contributed by atoms with van der Waals surface area (Å²) in [5.74, 6) is 0. The molecule has 8 aromatic carbocycles. The monoisotopic (exact) mass is 664 g/mol. The highest BCUT2D eigenvalue weighted by atomic mass is 16.3. The maximum Gasteiger partial charge on any atom is 0.159 e. The summed E-state index contributed by atoms with van der Waals surface area (Å²) >= 11 is 0. The zero-order valence-electron chi connectivity index (χ0n) is 27.9. The van der Waals surface area contributed by atoms with Crippen molar-refractivity contribution in [2.45, 2.75) is 0 Å². The standard InChI is InChI=1S/C48H28N2O2/c1-5-17-39-31(11-1)32-12-2-6-18-40(32)49(39)44-21-10-16-36-38-28-30(24-26-46(38)52-48(36)44)29-23-25-42-37(27-29)33-13-3-7-19-41(33)50(42)43-20-9-15-35-34-14-4-8-22-45(34)51-47(35)43/h1-28H. The van der Waals surface area contributed by atoms with Crippen molar-refractivity contribution < 1.29 is 8.83 Å². The molecule has 0 N–H and O–H groups in total. The first-order chi connectivity index (χ1) is 25.8. The lowest BCUT2D eigenvalue weighted by Gasteiger charge is -2.09. The highest BCUT2D eigenvalue weighted by molar-refractivity contribution is 6.15. The van der Waals surface area contributed by atoms with Gasteiger partial charge in [-0.15, -0.1) is 0 Å². The van der Waals surface area contributed by atoms with Gasteiger partial charge >= 0.3 is 0 Å². The molecule has 4 heterocycles. The van der Waals surface area contributed by atoms with Crippen molar-refractivity contribution >= 4 is 87.5 Å². The van der Waals surface area contributed by atoms with Gasteiger partial charge in [-0.2, -0.15) is 0 Å². The Balaban J connectivity index is 1.05. The molecule has 0 atom stereocenters. The fourth-order valence-electron chi connectivity index (χ4n) is 8.64. The molecule has 12 aromatic rings. The molecule has 0 aliphatic rings. The zero-order chi connectivity index (χ0) is 33.9. The summed E-state index contributed by atoms with van der Waals surface area (Å²) in [5, 5.41) is 9.34. The minimum Gasteiger partial charge on any atom is -0.454 e. The van der Waals surface area contributed by atoms with Gasteiger partial charge in [-0.1, -0.05) is 109 Å². The van der Waals surface area contributed by atoms with Crippen molar-refractivity contribution in [1.29, 1.82) is 0 Å². The molecule has 242 valence electrons. The number of aromatic nitrogens is 2. The number of fused-ring (bicyclic) bond motifs is 12. The van der Waals surface area contributed by atoms with Crippen LogP contribution in [0.4, 0.5) is 0 Å². The number of para-hydroxylation sites is 6. The summed E-state index contributed by atoms with van der Waals surface area (Å²) in [6, 6.07) is 60.5. The van der Waals surface area contributed by atoms with Crippen LogP contribution in [0, 0.1) is 0 Å². The highest BCUT2D eigenvalue weighted by Crippen LogP contribution is 2.42. The van der Waals surface area contributed by atoms with Crippen LogP contribution in [0.1, 0.15) is 0 Å². The summed E-state index contributed by atoms with van der Waals surface area (Å²) in [6.07, 6.45) is 0. The molecule has 0 fully saturated rings. The van der Waals surface area contributed by atoms with E-state index in [0.717, 1.165) is 77.4 Å².